The molecule has 0 saturated carbocycles. The van der Waals surface area contributed by atoms with Gasteiger partial charge in [0.05, 0.1) is 6.61 Å². The van der Waals surface area contributed by atoms with E-state index in [2.05, 4.69) is 0 Å². The quantitative estimate of drug-likeness (QED) is 0.322. The van der Waals surface area contributed by atoms with Gasteiger partial charge in [0.1, 0.15) is 6.54 Å². The molecule has 1 heterocycles. The van der Waals surface area contributed by atoms with Gasteiger partial charge >= 0.3 is 5.82 Å². The van der Waals surface area contributed by atoms with Crippen LogP contribution in [0.1, 0.15) is 16.2 Å². The summed E-state index contributed by atoms with van der Waals surface area (Å²) in [7, 11) is 0. The van der Waals surface area contributed by atoms with Gasteiger partial charge in [0.25, 0.3) is 5.82 Å². The summed E-state index contributed by atoms with van der Waals surface area (Å²) in [6.07, 6.45) is 1.34. The van der Waals surface area contributed by atoms with Crippen molar-refractivity contribution in [1.29, 1.82) is 0 Å². The first-order chi connectivity index (χ1) is 12.0. The third-order valence-corrected chi connectivity index (χ3v) is 4.27. The van der Waals surface area contributed by atoms with E-state index in [-0.39, 0.29) is 31.3 Å². The zero-order chi connectivity index (χ0) is 18.0. The summed E-state index contributed by atoms with van der Waals surface area (Å²) in [4.78, 5) is 23.5. The van der Waals surface area contributed by atoms with Crippen molar-refractivity contribution in [3.63, 3.8) is 0 Å². The van der Waals surface area contributed by atoms with E-state index in [0.29, 0.717) is 11.4 Å². The number of aliphatic hydroxyl groups excluding tert-OH is 1. The molecule has 0 atom stereocenters. The average molecular weight is 340 g/mol. The van der Waals surface area contributed by atoms with Crippen LogP contribution < -0.4 is 4.57 Å². The molecule has 0 saturated heterocycles. The van der Waals surface area contributed by atoms with Crippen LogP contribution in [0.5, 0.6) is 0 Å². The van der Waals surface area contributed by atoms with Crippen molar-refractivity contribution >= 4 is 22.4 Å². The number of fused-ring (bicyclic) bond motifs is 1. The Kier molecular flexibility index (Phi) is 4.58. The van der Waals surface area contributed by atoms with Gasteiger partial charge in [-0.2, -0.15) is 4.57 Å². The first-order valence-corrected chi connectivity index (χ1v) is 7.88. The van der Waals surface area contributed by atoms with Crippen LogP contribution in [0.25, 0.3) is 10.8 Å². The maximum Gasteiger partial charge on any atom is 0.365 e. The zero-order valence-electron chi connectivity index (χ0n) is 13.8. The van der Waals surface area contributed by atoms with Crippen molar-refractivity contribution in [2.75, 3.05) is 6.61 Å². The van der Waals surface area contributed by atoms with Gasteiger partial charge in [0, 0.05) is 12.5 Å². The number of imidazole rings is 1. The lowest BCUT2D eigenvalue weighted by molar-refractivity contribution is -0.689. The maximum atomic E-state index is 12.8. The summed E-state index contributed by atoms with van der Waals surface area (Å²) in [6.45, 7) is 1.59. The van der Waals surface area contributed by atoms with Crippen molar-refractivity contribution in [2.24, 2.45) is 0 Å². The fourth-order valence-corrected chi connectivity index (χ4v) is 3.01. The monoisotopic (exact) mass is 340 g/mol. The van der Waals surface area contributed by atoms with Crippen molar-refractivity contribution < 1.29 is 19.4 Å². The minimum absolute atomic E-state index is 0.000883. The van der Waals surface area contributed by atoms with E-state index in [4.69, 9.17) is 5.11 Å². The smallest absolute Gasteiger partial charge is 0.365 e. The number of hydrogen-bond acceptors (Lipinski definition) is 4. The lowest BCUT2D eigenvalue weighted by atomic mass is 10.0. The second kappa shape index (κ2) is 6.82. The van der Waals surface area contributed by atoms with Crippen LogP contribution in [-0.2, 0) is 13.1 Å². The Balaban J connectivity index is 1.98. The first-order valence-electron chi connectivity index (χ1n) is 7.88. The molecule has 25 heavy (non-hydrogen) atoms. The molecular weight excluding hydrogens is 322 g/mol. The molecule has 0 bridgehead atoms. The van der Waals surface area contributed by atoms with Gasteiger partial charge in [-0.05, 0) is 15.7 Å². The van der Waals surface area contributed by atoms with Crippen LogP contribution in [0.4, 0.5) is 5.82 Å². The van der Waals surface area contributed by atoms with E-state index in [0.717, 1.165) is 10.8 Å². The Labute approximate surface area is 143 Å². The van der Waals surface area contributed by atoms with Gasteiger partial charge in [-0.1, -0.05) is 42.5 Å². The number of nitro groups is 1. The molecular formula is C18H18N3O4+. The van der Waals surface area contributed by atoms with Gasteiger partial charge in [-0.15, -0.1) is 0 Å². The molecule has 7 heteroatoms. The third kappa shape index (κ3) is 3.14. The summed E-state index contributed by atoms with van der Waals surface area (Å²) >= 11 is 0. The van der Waals surface area contributed by atoms with E-state index in [1.165, 1.54) is 10.8 Å². The van der Waals surface area contributed by atoms with Crippen LogP contribution >= 0.6 is 0 Å². The average Bonchev–Trinajstić information content (AvgIpc) is 2.91. The molecule has 1 N–H and O–H groups in total. The normalized spacial score (nSPS) is 11.0. The Morgan fingerprint density at radius 3 is 2.68 bits per heavy atom. The molecule has 0 aliphatic heterocycles. The molecule has 0 unspecified atom stereocenters. The number of benzene rings is 2. The van der Waals surface area contributed by atoms with Gasteiger partial charge in [-0.3, -0.25) is 4.79 Å². The van der Waals surface area contributed by atoms with Crippen molar-refractivity contribution in [2.45, 2.75) is 20.0 Å². The Hall–Kier alpha value is -3.06. The van der Waals surface area contributed by atoms with E-state index in [1.54, 1.807) is 17.6 Å². The summed E-state index contributed by atoms with van der Waals surface area (Å²) in [5.41, 5.74) is 0.586. The van der Waals surface area contributed by atoms with Crippen LogP contribution in [0.15, 0.2) is 48.7 Å². The maximum absolute atomic E-state index is 12.8. The Bertz CT molecular complexity index is 957. The van der Waals surface area contributed by atoms with E-state index < -0.39 is 4.92 Å². The SMILES string of the molecule is Cc1n(CCO)c([N+](=O)[O-])c[n+]1CC(=O)c1cccc2ccccc12. The lowest BCUT2D eigenvalue weighted by Crippen LogP contribution is -2.39. The van der Waals surface area contributed by atoms with Crippen LogP contribution in [-0.4, -0.2) is 27.0 Å². The molecule has 2 aromatic carbocycles. The van der Waals surface area contributed by atoms with Crippen molar-refractivity contribution in [3.8, 4) is 0 Å². The number of carbonyl (C=O) groups is 1. The third-order valence-electron chi connectivity index (χ3n) is 4.27. The molecule has 3 aromatic rings. The molecule has 1 aromatic heterocycles. The molecule has 128 valence electrons. The highest BCUT2D eigenvalue weighted by molar-refractivity contribution is 6.07. The number of aromatic nitrogens is 2. The molecule has 0 fully saturated rings. The molecule has 0 spiro atoms. The summed E-state index contributed by atoms with van der Waals surface area (Å²) in [5.74, 6) is 0.285. The second-order valence-electron chi connectivity index (χ2n) is 5.74. The largest absolute Gasteiger partial charge is 0.392 e. The minimum atomic E-state index is -0.512. The Morgan fingerprint density at radius 2 is 1.96 bits per heavy atom. The second-order valence-corrected chi connectivity index (χ2v) is 5.74. The van der Waals surface area contributed by atoms with E-state index in [1.807, 2.05) is 36.4 Å². The Morgan fingerprint density at radius 1 is 1.24 bits per heavy atom. The summed E-state index contributed by atoms with van der Waals surface area (Å²) < 4.78 is 2.95. The van der Waals surface area contributed by atoms with Crippen molar-refractivity contribution in [1.82, 2.24) is 4.57 Å². The van der Waals surface area contributed by atoms with Gasteiger partial charge in [0.15, 0.2) is 12.7 Å². The predicted molar refractivity (Wildman–Crippen MR) is 91.4 cm³/mol. The number of ketones is 1. The van der Waals surface area contributed by atoms with Crippen LogP contribution in [0, 0.1) is 17.0 Å². The summed E-state index contributed by atoms with van der Waals surface area (Å²) in [5, 5.41) is 22.1. The summed E-state index contributed by atoms with van der Waals surface area (Å²) in [6, 6.07) is 13.1. The molecule has 7 nitrogen and oxygen atoms in total. The van der Waals surface area contributed by atoms with Gasteiger partial charge < -0.3 is 15.2 Å². The first kappa shape index (κ1) is 16.8. The minimum Gasteiger partial charge on any atom is -0.392 e. The number of nitrogens with zero attached hydrogens (tertiary/aromatic N) is 3. The predicted octanol–water partition coefficient (Wildman–Crippen LogP) is 2.02. The zero-order valence-corrected chi connectivity index (χ0v) is 13.8. The highest BCUT2D eigenvalue weighted by Gasteiger charge is 2.25. The molecule has 0 amide bonds. The van der Waals surface area contributed by atoms with Crippen LogP contribution in [0.2, 0.25) is 0 Å². The number of carbonyl (C=O) groups excluding carboxylic acids is 1. The number of Topliss-reactive ketones (excluding diaryl/α,β-unsaturated/α-hetero) is 1. The molecule has 0 aliphatic carbocycles. The molecule has 0 radical (unpaired) electrons. The van der Waals surface area contributed by atoms with Crippen LogP contribution in [0.3, 0.4) is 0 Å². The fraction of sp³-hybridized carbons (Fsp3) is 0.222. The topological polar surface area (TPSA) is 89.2 Å². The number of aliphatic hydroxyl groups is 1. The standard InChI is InChI=1S/C18H18N3O4/c1-13-19(12-18(21(24)25)20(13)9-10-22)11-17(23)16-8-4-6-14-5-2-3-7-15(14)16/h2-8,12,22H,9-11H2,1H3/q+1. The highest BCUT2D eigenvalue weighted by Crippen LogP contribution is 2.19. The fourth-order valence-electron chi connectivity index (χ4n) is 3.01. The number of hydrogen-bond donors (Lipinski definition) is 1. The van der Waals surface area contributed by atoms with Crippen molar-refractivity contribution in [3.05, 3.63) is 70.2 Å². The van der Waals surface area contributed by atoms with E-state index >= 15 is 0 Å². The number of rotatable bonds is 6. The molecule has 3 rings (SSSR count). The van der Waals surface area contributed by atoms with E-state index in [9.17, 15) is 14.9 Å². The van der Waals surface area contributed by atoms with Gasteiger partial charge in [0.2, 0.25) is 5.78 Å². The molecule has 0 aliphatic rings. The lowest BCUT2D eigenvalue weighted by Gasteiger charge is -2.05. The highest BCUT2D eigenvalue weighted by atomic mass is 16.6. The van der Waals surface area contributed by atoms with Gasteiger partial charge in [-0.25, -0.2) is 4.57 Å².